The Bertz CT molecular complexity index is 1310. The predicted molar refractivity (Wildman–Crippen MR) is 139 cm³/mol. The molecule has 3 aromatic carbocycles. The van der Waals surface area contributed by atoms with E-state index in [2.05, 4.69) is 5.32 Å². The molecule has 0 aromatic heterocycles. The van der Waals surface area contributed by atoms with Crippen molar-refractivity contribution in [2.24, 2.45) is 0 Å². The van der Waals surface area contributed by atoms with Crippen molar-refractivity contribution in [3.05, 3.63) is 84.4 Å². The Hall–Kier alpha value is -4.90. The minimum Gasteiger partial charge on any atom is -0.504 e. The summed E-state index contributed by atoms with van der Waals surface area (Å²) in [5, 5.41) is 21.9. The zero-order valence-electron chi connectivity index (χ0n) is 21.0. The molecule has 4 N–H and O–H groups in total. The van der Waals surface area contributed by atoms with E-state index in [1.165, 1.54) is 24.7 Å². The predicted octanol–water partition coefficient (Wildman–Crippen LogP) is 4.71. The fourth-order valence-electron chi connectivity index (χ4n) is 3.91. The second kappa shape index (κ2) is 13.1. The number of para-hydroxylation sites is 1. The number of allylic oxidation sites excluding steroid dienone is 1. The molecule has 1 aliphatic heterocycles. The van der Waals surface area contributed by atoms with Crippen LogP contribution in [0.4, 0.5) is 10.5 Å². The fraction of sp³-hybridized carbons (Fsp3) is 0.214. The summed E-state index contributed by atoms with van der Waals surface area (Å²) in [6.07, 6.45) is 0.880. The summed E-state index contributed by atoms with van der Waals surface area (Å²) in [6.45, 7) is 0.0964. The summed E-state index contributed by atoms with van der Waals surface area (Å²) in [5.41, 5.74) is 2.41. The molecule has 3 aromatic rings. The van der Waals surface area contributed by atoms with Crippen molar-refractivity contribution < 1.29 is 43.6 Å². The van der Waals surface area contributed by atoms with E-state index >= 15 is 0 Å². The molecular weight excluding hydrogens is 508 g/mol. The molecule has 2 atom stereocenters. The number of hydroxylamine groups is 1. The third-order valence-corrected chi connectivity index (χ3v) is 5.75. The number of anilines is 1. The molecule has 0 saturated heterocycles. The van der Waals surface area contributed by atoms with Gasteiger partial charge in [-0.05, 0) is 49.2 Å². The van der Waals surface area contributed by atoms with E-state index < -0.39 is 24.2 Å². The van der Waals surface area contributed by atoms with Crippen molar-refractivity contribution in [2.45, 2.75) is 25.0 Å². The van der Waals surface area contributed by atoms with Crippen LogP contribution in [0.2, 0.25) is 0 Å². The van der Waals surface area contributed by atoms with Crippen LogP contribution in [0.1, 0.15) is 24.5 Å². The van der Waals surface area contributed by atoms with E-state index in [4.69, 9.17) is 28.9 Å². The molecule has 11 nitrogen and oxygen atoms in total. The molecule has 0 aliphatic carbocycles. The highest BCUT2D eigenvalue weighted by atomic mass is 16.7. The monoisotopic (exact) mass is 536 g/mol. The van der Waals surface area contributed by atoms with Gasteiger partial charge in [0.2, 0.25) is 6.79 Å². The SMILES string of the molecule is COc1ccc([C@H](OC(=O)Nc2ccc3c(c2)OCO3)[C@H](CC/C=C/C(=O)NO)Oc2ccccc2)cc1O. The van der Waals surface area contributed by atoms with Crippen LogP contribution in [0, 0.1) is 0 Å². The molecule has 0 radical (unpaired) electrons. The summed E-state index contributed by atoms with van der Waals surface area (Å²) in [4.78, 5) is 24.5. The van der Waals surface area contributed by atoms with E-state index in [0.717, 1.165) is 0 Å². The third kappa shape index (κ3) is 7.33. The number of aromatic hydroxyl groups is 1. The minimum atomic E-state index is -0.990. The van der Waals surface area contributed by atoms with Crippen LogP contribution in [0.5, 0.6) is 28.7 Å². The topological polar surface area (TPSA) is 145 Å². The van der Waals surface area contributed by atoms with Gasteiger partial charge in [-0.25, -0.2) is 10.3 Å². The van der Waals surface area contributed by atoms with Gasteiger partial charge in [-0.3, -0.25) is 15.3 Å². The molecule has 1 aliphatic rings. The van der Waals surface area contributed by atoms with Gasteiger partial charge in [-0.1, -0.05) is 30.3 Å². The summed E-state index contributed by atoms with van der Waals surface area (Å²) in [5.74, 6) is 1.03. The highest BCUT2D eigenvalue weighted by Crippen LogP contribution is 2.36. The van der Waals surface area contributed by atoms with Gasteiger partial charge in [0.1, 0.15) is 11.9 Å². The van der Waals surface area contributed by atoms with Crippen molar-refractivity contribution >= 4 is 17.7 Å². The largest absolute Gasteiger partial charge is 0.504 e. The van der Waals surface area contributed by atoms with E-state index in [-0.39, 0.29) is 18.3 Å². The second-order valence-electron chi connectivity index (χ2n) is 8.38. The number of fused-ring (bicyclic) bond motifs is 1. The molecule has 0 fully saturated rings. The summed E-state index contributed by atoms with van der Waals surface area (Å²) in [6, 6.07) is 18.6. The molecule has 2 amide bonds. The smallest absolute Gasteiger partial charge is 0.412 e. The minimum absolute atomic E-state index is 0.0964. The van der Waals surface area contributed by atoms with Crippen LogP contribution in [-0.4, -0.2) is 42.3 Å². The molecule has 39 heavy (non-hydrogen) atoms. The first-order valence-corrected chi connectivity index (χ1v) is 12.0. The van der Waals surface area contributed by atoms with Crippen LogP contribution in [-0.2, 0) is 9.53 Å². The van der Waals surface area contributed by atoms with Gasteiger partial charge in [0.15, 0.2) is 29.1 Å². The van der Waals surface area contributed by atoms with Gasteiger partial charge in [0.05, 0.1) is 7.11 Å². The Morgan fingerprint density at radius 3 is 2.59 bits per heavy atom. The number of benzene rings is 3. The molecule has 0 spiro atoms. The molecule has 204 valence electrons. The highest BCUT2D eigenvalue weighted by molar-refractivity contribution is 5.86. The zero-order chi connectivity index (χ0) is 27.6. The van der Waals surface area contributed by atoms with E-state index in [0.29, 0.717) is 41.3 Å². The lowest BCUT2D eigenvalue weighted by atomic mass is 9.99. The number of rotatable bonds is 11. The summed E-state index contributed by atoms with van der Waals surface area (Å²) < 4.78 is 27.9. The average molecular weight is 537 g/mol. The summed E-state index contributed by atoms with van der Waals surface area (Å²) >= 11 is 0. The zero-order valence-corrected chi connectivity index (χ0v) is 21.0. The fourth-order valence-corrected chi connectivity index (χ4v) is 3.91. The van der Waals surface area contributed by atoms with Crippen molar-refractivity contribution in [1.82, 2.24) is 5.48 Å². The molecular formula is C28H28N2O9. The number of carbonyl (C=O) groups is 2. The van der Waals surface area contributed by atoms with Gasteiger partial charge in [-0.2, -0.15) is 0 Å². The van der Waals surface area contributed by atoms with Gasteiger partial charge in [0, 0.05) is 23.4 Å². The highest BCUT2D eigenvalue weighted by Gasteiger charge is 2.30. The number of amides is 2. The van der Waals surface area contributed by atoms with E-state index in [9.17, 15) is 14.7 Å². The first kappa shape index (κ1) is 27.1. The second-order valence-corrected chi connectivity index (χ2v) is 8.38. The number of carbonyl (C=O) groups excluding carboxylic acids is 2. The maximum atomic E-state index is 13.1. The lowest BCUT2D eigenvalue weighted by Gasteiger charge is -2.28. The lowest BCUT2D eigenvalue weighted by molar-refractivity contribution is -0.124. The third-order valence-electron chi connectivity index (χ3n) is 5.75. The van der Waals surface area contributed by atoms with Gasteiger partial charge < -0.3 is 28.8 Å². The van der Waals surface area contributed by atoms with E-state index in [1.54, 1.807) is 60.7 Å². The number of hydrogen-bond donors (Lipinski definition) is 4. The lowest BCUT2D eigenvalue weighted by Crippen LogP contribution is -2.31. The van der Waals surface area contributed by atoms with E-state index in [1.807, 2.05) is 6.07 Å². The average Bonchev–Trinajstić information content (AvgIpc) is 3.42. The first-order valence-electron chi connectivity index (χ1n) is 12.0. The molecule has 0 saturated carbocycles. The maximum absolute atomic E-state index is 13.1. The Balaban J connectivity index is 1.61. The molecule has 4 rings (SSSR count). The first-order chi connectivity index (χ1) is 19.0. The van der Waals surface area contributed by atoms with Crippen LogP contribution in [0.3, 0.4) is 0 Å². The number of methoxy groups -OCH3 is 1. The van der Waals surface area contributed by atoms with Crippen molar-refractivity contribution in [2.75, 3.05) is 19.2 Å². The maximum Gasteiger partial charge on any atom is 0.412 e. The Morgan fingerprint density at radius 2 is 1.85 bits per heavy atom. The molecule has 11 heteroatoms. The van der Waals surface area contributed by atoms with Gasteiger partial charge >= 0.3 is 6.09 Å². The van der Waals surface area contributed by atoms with Crippen LogP contribution in [0.15, 0.2) is 78.9 Å². The van der Waals surface area contributed by atoms with Crippen molar-refractivity contribution in [1.29, 1.82) is 0 Å². The summed E-state index contributed by atoms with van der Waals surface area (Å²) in [7, 11) is 1.43. The number of nitrogens with one attached hydrogen (secondary N) is 2. The van der Waals surface area contributed by atoms with Crippen LogP contribution < -0.4 is 29.7 Å². The number of hydrogen-bond acceptors (Lipinski definition) is 9. The van der Waals surface area contributed by atoms with Gasteiger partial charge in [0.25, 0.3) is 5.91 Å². The number of ether oxygens (including phenoxy) is 5. The van der Waals surface area contributed by atoms with Crippen molar-refractivity contribution in [3.8, 4) is 28.7 Å². The number of phenols is 1. The van der Waals surface area contributed by atoms with Crippen molar-refractivity contribution in [3.63, 3.8) is 0 Å². The van der Waals surface area contributed by atoms with Crippen LogP contribution >= 0.6 is 0 Å². The molecule has 0 bridgehead atoms. The standard InChI is InChI=1S/C28H28N2O9/c1-35-22-13-11-18(15-21(22)31)27(39-28(33)29-19-12-14-23-25(16-19)37-17-36-23)24(9-5-6-10-26(32)30-34)38-20-7-3-2-4-8-20/h2-4,6-8,10-16,24,27,31,34H,5,9,17H2,1H3,(H,29,33)(H,30,32)/b10-6+/t24-,27-/m0/s1. The number of phenolic OH excluding ortho intramolecular Hbond substituents is 1. The molecule has 0 unspecified atom stereocenters. The van der Waals surface area contributed by atoms with Crippen LogP contribution in [0.25, 0.3) is 0 Å². The van der Waals surface area contributed by atoms with Gasteiger partial charge in [-0.15, -0.1) is 0 Å². The Morgan fingerprint density at radius 1 is 1.05 bits per heavy atom. The normalized spacial score (nSPS) is 13.4. The Labute approximate surface area is 224 Å². The quantitative estimate of drug-likeness (QED) is 0.156. The molecule has 1 heterocycles. The Kier molecular flexibility index (Phi) is 9.09.